The maximum atomic E-state index is 11.9. The van der Waals surface area contributed by atoms with Gasteiger partial charge in [-0.15, -0.1) is 0 Å². The number of hydrogen-bond acceptors (Lipinski definition) is 3. The summed E-state index contributed by atoms with van der Waals surface area (Å²) in [6, 6.07) is -1.21. The topological polar surface area (TPSA) is 89.9 Å². The molecule has 0 spiro atoms. The molecule has 18 heavy (non-hydrogen) atoms. The largest absolute Gasteiger partial charge is 0.480 e. The second-order valence-electron chi connectivity index (χ2n) is 5.09. The molecular weight excluding hydrogens is 236 g/mol. The first-order valence-electron chi connectivity index (χ1n) is 6.36. The molecule has 1 aliphatic heterocycles. The fourth-order valence-corrected chi connectivity index (χ4v) is 2.05. The number of amides is 2. The molecule has 2 amide bonds. The molecule has 6 nitrogen and oxygen atoms in total. The fraction of sp³-hybridized carbons (Fsp3) is 0.833. The van der Waals surface area contributed by atoms with E-state index in [-0.39, 0.29) is 6.03 Å². The van der Waals surface area contributed by atoms with Gasteiger partial charge in [-0.05, 0) is 32.6 Å². The first-order chi connectivity index (χ1) is 8.35. The number of carbonyl (C=O) groups is 2. The molecule has 0 aromatic rings. The molecule has 104 valence electrons. The maximum Gasteiger partial charge on any atom is 0.326 e. The summed E-state index contributed by atoms with van der Waals surface area (Å²) >= 11 is 0. The van der Waals surface area contributed by atoms with Crippen LogP contribution in [0.1, 0.15) is 39.5 Å². The highest BCUT2D eigenvalue weighted by Crippen LogP contribution is 2.21. The quantitative estimate of drug-likeness (QED) is 0.698. The lowest BCUT2D eigenvalue weighted by atomic mass is 9.98. The van der Waals surface area contributed by atoms with Gasteiger partial charge in [0.15, 0.2) is 0 Å². The predicted molar refractivity (Wildman–Crippen MR) is 66.3 cm³/mol. The van der Waals surface area contributed by atoms with E-state index in [1.54, 1.807) is 18.7 Å². The van der Waals surface area contributed by atoms with Gasteiger partial charge in [0.25, 0.3) is 0 Å². The van der Waals surface area contributed by atoms with Crippen LogP contribution in [0.5, 0.6) is 0 Å². The Morgan fingerprint density at radius 1 is 1.39 bits per heavy atom. The zero-order valence-electron chi connectivity index (χ0n) is 11.0. The standard InChI is InChI=1S/C12H22N2O4/c1-3-9(10(15)16)13-11(17)14-7-4-5-12(2,18)6-8-14/h9,18H,3-8H2,1-2H3,(H,13,17)(H,15,16)/t9-,12?/m0/s1. The van der Waals surface area contributed by atoms with Crippen molar-refractivity contribution in [3.8, 4) is 0 Å². The van der Waals surface area contributed by atoms with Gasteiger partial charge in [0.1, 0.15) is 6.04 Å². The van der Waals surface area contributed by atoms with Crippen LogP contribution in [-0.4, -0.2) is 51.8 Å². The zero-order valence-corrected chi connectivity index (χ0v) is 11.0. The summed E-state index contributed by atoms with van der Waals surface area (Å²) in [5, 5.41) is 21.3. The molecule has 1 aliphatic rings. The van der Waals surface area contributed by atoms with E-state index >= 15 is 0 Å². The molecule has 0 saturated carbocycles. The van der Waals surface area contributed by atoms with Gasteiger partial charge in [-0.2, -0.15) is 0 Å². The van der Waals surface area contributed by atoms with Crippen LogP contribution in [0.2, 0.25) is 0 Å². The van der Waals surface area contributed by atoms with E-state index in [0.717, 1.165) is 6.42 Å². The third kappa shape index (κ3) is 4.18. The van der Waals surface area contributed by atoms with E-state index in [9.17, 15) is 14.7 Å². The normalized spacial score (nSPS) is 26.3. The number of urea groups is 1. The van der Waals surface area contributed by atoms with Gasteiger partial charge in [-0.3, -0.25) is 0 Å². The number of aliphatic hydroxyl groups is 1. The molecule has 1 fully saturated rings. The van der Waals surface area contributed by atoms with E-state index in [4.69, 9.17) is 5.11 Å². The van der Waals surface area contributed by atoms with E-state index in [1.807, 2.05) is 0 Å². The Hall–Kier alpha value is -1.30. The van der Waals surface area contributed by atoms with Crippen molar-refractivity contribution >= 4 is 12.0 Å². The fourth-order valence-electron chi connectivity index (χ4n) is 2.05. The first kappa shape index (κ1) is 14.8. The lowest BCUT2D eigenvalue weighted by molar-refractivity contribution is -0.139. The molecule has 0 aromatic carbocycles. The molecule has 3 N–H and O–H groups in total. The molecule has 0 radical (unpaired) electrons. The van der Waals surface area contributed by atoms with Crippen molar-refractivity contribution in [1.29, 1.82) is 0 Å². The number of nitrogens with one attached hydrogen (secondary N) is 1. The van der Waals surface area contributed by atoms with Crippen molar-refractivity contribution in [2.24, 2.45) is 0 Å². The van der Waals surface area contributed by atoms with Crippen molar-refractivity contribution in [3.05, 3.63) is 0 Å². The molecule has 0 aliphatic carbocycles. The smallest absolute Gasteiger partial charge is 0.326 e. The second-order valence-corrected chi connectivity index (χ2v) is 5.09. The highest BCUT2D eigenvalue weighted by atomic mass is 16.4. The van der Waals surface area contributed by atoms with Crippen LogP contribution >= 0.6 is 0 Å². The zero-order chi connectivity index (χ0) is 13.8. The number of rotatable bonds is 3. The SMILES string of the molecule is CC[C@H](NC(=O)N1CCCC(C)(O)CC1)C(=O)O. The average molecular weight is 258 g/mol. The Kier molecular flexibility index (Phi) is 4.95. The van der Waals surface area contributed by atoms with E-state index in [2.05, 4.69) is 5.32 Å². The van der Waals surface area contributed by atoms with E-state index < -0.39 is 17.6 Å². The Morgan fingerprint density at radius 3 is 2.61 bits per heavy atom. The van der Waals surface area contributed by atoms with Gasteiger partial charge in [0.05, 0.1) is 5.60 Å². The van der Waals surface area contributed by atoms with Gasteiger partial charge >= 0.3 is 12.0 Å². The summed E-state index contributed by atoms with van der Waals surface area (Å²) in [5.74, 6) is -1.02. The molecule has 1 rings (SSSR count). The highest BCUT2D eigenvalue weighted by molar-refractivity contribution is 5.82. The first-order valence-corrected chi connectivity index (χ1v) is 6.36. The van der Waals surface area contributed by atoms with Crippen LogP contribution in [0.15, 0.2) is 0 Å². The van der Waals surface area contributed by atoms with Crippen LogP contribution < -0.4 is 5.32 Å². The van der Waals surface area contributed by atoms with Gasteiger partial charge in [-0.1, -0.05) is 6.92 Å². The number of likely N-dealkylation sites (tertiary alicyclic amines) is 1. The van der Waals surface area contributed by atoms with Crippen molar-refractivity contribution in [1.82, 2.24) is 10.2 Å². The third-order valence-electron chi connectivity index (χ3n) is 3.35. The van der Waals surface area contributed by atoms with Crippen molar-refractivity contribution in [3.63, 3.8) is 0 Å². The van der Waals surface area contributed by atoms with Gasteiger partial charge in [0.2, 0.25) is 0 Å². The van der Waals surface area contributed by atoms with E-state index in [1.165, 1.54) is 0 Å². The van der Waals surface area contributed by atoms with Crippen LogP contribution in [0.4, 0.5) is 4.79 Å². The highest BCUT2D eigenvalue weighted by Gasteiger charge is 2.28. The lowest BCUT2D eigenvalue weighted by Crippen LogP contribution is -2.48. The Labute approximate surface area is 107 Å². The molecule has 6 heteroatoms. The Morgan fingerprint density at radius 2 is 2.06 bits per heavy atom. The van der Waals surface area contributed by atoms with Gasteiger partial charge < -0.3 is 20.4 Å². The Bertz CT molecular complexity index is 317. The molecule has 1 unspecified atom stereocenters. The lowest BCUT2D eigenvalue weighted by Gasteiger charge is -2.24. The van der Waals surface area contributed by atoms with Crippen LogP contribution in [-0.2, 0) is 4.79 Å². The molecule has 1 saturated heterocycles. The maximum absolute atomic E-state index is 11.9. The number of nitrogens with zero attached hydrogens (tertiary/aromatic N) is 1. The predicted octanol–water partition coefficient (Wildman–Crippen LogP) is 0.796. The summed E-state index contributed by atoms with van der Waals surface area (Å²) < 4.78 is 0. The van der Waals surface area contributed by atoms with Crippen LogP contribution in [0, 0.1) is 0 Å². The summed E-state index contributed by atoms with van der Waals surface area (Å²) in [7, 11) is 0. The summed E-state index contributed by atoms with van der Waals surface area (Å²) in [5.41, 5.74) is -0.730. The monoisotopic (exact) mass is 258 g/mol. The van der Waals surface area contributed by atoms with Gasteiger partial charge in [-0.25, -0.2) is 9.59 Å². The van der Waals surface area contributed by atoms with Crippen molar-refractivity contribution in [2.45, 2.75) is 51.2 Å². The number of carboxylic acids is 1. The van der Waals surface area contributed by atoms with Crippen LogP contribution in [0.25, 0.3) is 0 Å². The summed E-state index contributed by atoms with van der Waals surface area (Å²) in [6.45, 7) is 4.49. The van der Waals surface area contributed by atoms with Crippen molar-refractivity contribution in [2.75, 3.05) is 13.1 Å². The molecule has 2 atom stereocenters. The van der Waals surface area contributed by atoms with Gasteiger partial charge in [0, 0.05) is 13.1 Å². The summed E-state index contributed by atoms with van der Waals surface area (Å²) in [6.07, 6.45) is 2.26. The summed E-state index contributed by atoms with van der Waals surface area (Å²) in [4.78, 5) is 24.3. The number of hydrogen-bond donors (Lipinski definition) is 3. The Balaban J connectivity index is 2.54. The molecule has 1 heterocycles. The number of carboxylic acid groups (broad SMARTS) is 1. The van der Waals surface area contributed by atoms with Crippen molar-refractivity contribution < 1.29 is 19.8 Å². The van der Waals surface area contributed by atoms with Crippen LogP contribution in [0.3, 0.4) is 0 Å². The van der Waals surface area contributed by atoms with E-state index in [0.29, 0.717) is 32.4 Å². The minimum Gasteiger partial charge on any atom is -0.480 e. The number of aliphatic carboxylic acids is 1. The minimum atomic E-state index is -1.02. The molecule has 0 bridgehead atoms. The second kappa shape index (κ2) is 6.04. The number of carbonyl (C=O) groups excluding carboxylic acids is 1. The average Bonchev–Trinajstić information content (AvgIpc) is 2.46. The minimum absolute atomic E-state index is 0.354. The molecular formula is C12H22N2O4. The molecule has 0 aromatic heterocycles. The third-order valence-corrected chi connectivity index (χ3v) is 3.35.